The smallest absolute Gasteiger partial charge is 0.275 e. The van der Waals surface area contributed by atoms with E-state index in [-0.39, 0.29) is 11.8 Å². The van der Waals surface area contributed by atoms with Gasteiger partial charge in [-0.05, 0) is 68.3 Å². The van der Waals surface area contributed by atoms with Crippen LogP contribution in [0.15, 0.2) is 42.5 Å². The largest absolute Gasteiger partial charge is 0.326 e. The molecule has 5 nitrogen and oxygen atoms in total. The average molecular weight is 379 g/mol. The molecule has 27 heavy (non-hydrogen) atoms. The van der Waals surface area contributed by atoms with E-state index in [0.29, 0.717) is 5.69 Å². The lowest BCUT2D eigenvalue weighted by atomic mass is 10.1. The Morgan fingerprint density at radius 3 is 2.19 bits per heavy atom. The van der Waals surface area contributed by atoms with Gasteiger partial charge in [0.2, 0.25) is 5.91 Å². The lowest BCUT2D eigenvalue weighted by molar-refractivity contribution is -0.114. The van der Waals surface area contributed by atoms with Gasteiger partial charge in [0, 0.05) is 28.7 Å². The quantitative estimate of drug-likeness (QED) is 0.674. The van der Waals surface area contributed by atoms with E-state index in [4.69, 9.17) is 0 Å². The van der Waals surface area contributed by atoms with E-state index in [2.05, 4.69) is 15.6 Å². The number of nitrogens with zero attached hydrogens (tertiary/aromatic N) is 1. The number of hydrogen-bond donors (Lipinski definition) is 2. The van der Waals surface area contributed by atoms with Crippen LogP contribution in [-0.4, -0.2) is 16.8 Å². The predicted octanol–water partition coefficient (Wildman–Crippen LogP) is 4.95. The summed E-state index contributed by atoms with van der Waals surface area (Å²) in [5, 5.41) is 6.42. The number of nitrogens with one attached hydrogen (secondary N) is 2. The van der Waals surface area contributed by atoms with Crippen molar-refractivity contribution in [1.29, 1.82) is 0 Å². The van der Waals surface area contributed by atoms with E-state index in [1.54, 1.807) is 0 Å². The molecule has 0 radical (unpaired) electrons. The lowest BCUT2D eigenvalue weighted by Crippen LogP contribution is -2.13. The SMILES string of the molecule is CC(=O)Nc1ccc(-c2nc(C(=O)Nc3ccc(C)c(C)c3)c(C)s2)cc1. The highest BCUT2D eigenvalue weighted by Crippen LogP contribution is 2.29. The fourth-order valence-corrected chi connectivity index (χ4v) is 3.56. The van der Waals surface area contributed by atoms with Crippen molar-refractivity contribution in [2.24, 2.45) is 0 Å². The second kappa shape index (κ2) is 7.72. The van der Waals surface area contributed by atoms with Gasteiger partial charge in [0.05, 0.1) is 0 Å². The van der Waals surface area contributed by atoms with Crippen molar-refractivity contribution in [1.82, 2.24) is 4.98 Å². The standard InChI is InChI=1S/C21H21N3O2S/c1-12-5-8-18(11-13(12)2)23-20(26)19-14(3)27-21(24-19)16-6-9-17(10-7-16)22-15(4)25/h5-11H,1-4H3,(H,22,25)(H,23,26). The molecule has 6 heteroatoms. The maximum absolute atomic E-state index is 12.6. The number of benzene rings is 2. The molecule has 0 aliphatic rings. The molecule has 0 spiro atoms. The van der Waals surface area contributed by atoms with Crippen LogP contribution in [-0.2, 0) is 4.79 Å². The summed E-state index contributed by atoms with van der Waals surface area (Å²) in [4.78, 5) is 29.1. The predicted molar refractivity (Wildman–Crippen MR) is 110 cm³/mol. The Kier molecular flexibility index (Phi) is 5.37. The number of amides is 2. The van der Waals surface area contributed by atoms with Gasteiger partial charge in [-0.1, -0.05) is 6.07 Å². The van der Waals surface area contributed by atoms with Gasteiger partial charge in [-0.3, -0.25) is 9.59 Å². The monoisotopic (exact) mass is 379 g/mol. The second-order valence-corrected chi connectivity index (χ2v) is 7.64. The first-order chi connectivity index (χ1) is 12.8. The third kappa shape index (κ3) is 4.41. The van der Waals surface area contributed by atoms with Gasteiger partial charge in [-0.15, -0.1) is 11.3 Å². The second-order valence-electron chi connectivity index (χ2n) is 6.44. The molecule has 2 aromatic carbocycles. The highest BCUT2D eigenvalue weighted by molar-refractivity contribution is 7.15. The molecular formula is C21H21N3O2S. The summed E-state index contributed by atoms with van der Waals surface area (Å²) in [6, 6.07) is 13.2. The molecule has 0 bridgehead atoms. The minimum atomic E-state index is -0.215. The topological polar surface area (TPSA) is 71.1 Å². The van der Waals surface area contributed by atoms with E-state index in [1.165, 1.54) is 23.8 Å². The Balaban J connectivity index is 1.80. The summed E-state index contributed by atoms with van der Waals surface area (Å²) < 4.78 is 0. The van der Waals surface area contributed by atoms with Gasteiger partial charge in [-0.2, -0.15) is 0 Å². The van der Waals surface area contributed by atoms with Crippen molar-refractivity contribution in [3.63, 3.8) is 0 Å². The van der Waals surface area contributed by atoms with Crippen molar-refractivity contribution < 1.29 is 9.59 Å². The van der Waals surface area contributed by atoms with Crippen molar-refractivity contribution in [2.75, 3.05) is 10.6 Å². The van der Waals surface area contributed by atoms with Gasteiger partial charge in [-0.25, -0.2) is 4.98 Å². The molecule has 1 heterocycles. The molecule has 2 amide bonds. The number of anilines is 2. The molecule has 0 unspecified atom stereocenters. The zero-order valence-corrected chi connectivity index (χ0v) is 16.5. The van der Waals surface area contributed by atoms with Gasteiger partial charge >= 0.3 is 0 Å². The number of carbonyl (C=O) groups is 2. The zero-order chi connectivity index (χ0) is 19.6. The Morgan fingerprint density at radius 2 is 1.56 bits per heavy atom. The maximum atomic E-state index is 12.6. The molecule has 2 N–H and O–H groups in total. The van der Waals surface area contributed by atoms with Gasteiger partial charge in [0.15, 0.2) is 0 Å². The third-order valence-corrected chi connectivity index (χ3v) is 5.25. The molecule has 138 valence electrons. The molecule has 0 saturated carbocycles. The van der Waals surface area contributed by atoms with Crippen molar-refractivity contribution in [2.45, 2.75) is 27.7 Å². The maximum Gasteiger partial charge on any atom is 0.275 e. The van der Waals surface area contributed by atoms with Crippen LogP contribution in [0.5, 0.6) is 0 Å². The van der Waals surface area contributed by atoms with Crippen LogP contribution < -0.4 is 10.6 Å². The fraction of sp³-hybridized carbons (Fsp3) is 0.190. The number of thiazole rings is 1. The summed E-state index contributed by atoms with van der Waals surface area (Å²) >= 11 is 1.47. The van der Waals surface area contributed by atoms with Crippen LogP contribution in [0.2, 0.25) is 0 Å². The molecule has 3 aromatic rings. The first-order valence-corrected chi connectivity index (χ1v) is 9.39. The average Bonchev–Trinajstić information content (AvgIpc) is 3.00. The van der Waals surface area contributed by atoms with Gasteiger partial charge in [0.1, 0.15) is 10.7 Å². The zero-order valence-electron chi connectivity index (χ0n) is 15.7. The van der Waals surface area contributed by atoms with E-state index in [0.717, 1.165) is 32.4 Å². The lowest BCUT2D eigenvalue weighted by Gasteiger charge is -2.06. The van der Waals surface area contributed by atoms with E-state index in [9.17, 15) is 9.59 Å². The molecule has 0 fully saturated rings. The fourth-order valence-electron chi connectivity index (χ4n) is 2.64. The Labute approximate surface area is 162 Å². The highest BCUT2D eigenvalue weighted by atomic mass is 32.1. The first-order valence-electron chi connectivity index (χ1n) is 8.57. The van der Waals surface area contributed by atoms with Crippen LogP contribution in [0.4, 0.5) is 11.4 Å². The van der Waals surface area contributed by atoms with Crippen molar-refractivity contribution >= 4 is 34.5 Å². The molecule has 3 rings (SSSR count). The van der Waals surface area contributed by atoms with Crippen LogP contribution in [0, 0.1) is 20.8 Å². The Morgan fingerprint density at radius 1 is 0.889 bits per heavy atom. The number of aryl methyl sites for hydroxylation is 3. The van der Waals surface area contributed by atoms with E-state index >= 15 is 0 Å². The third-order valence-electron chi connectivity index (χ3n) is 4.23. The normalized spacial score (nSPS) is 10.5. The summed E-state index contributed by atoms with van der Waals surface area (Å²) in [6.07, 6.45) is 0. The van der Waals surface area contributed by atoms with Crippen LogP contribution in [0.3, 0.4) is 0 Å². The molecule has 0 atom stereocenters. The summed E-state index contributed by atoms with van der Waals surface area (Å²) in [5.41, 5.74) is 5.14. The van der Waals surface area contributed by atoms with Gasteiger partial charge in [0.25, 0.3) is 5.91 Å². The van der Waals surface area contributed by atoms with Crippen LogP contribution in [0.25, 0.3) is 10.6 Å². The van der Waals surface area contributed by atoms with Gasteiger partial charge < -0.3 is 10.6 Å². The molecule has 0 aliphatic carbocycles. The number of rotatable bonds is 4. The summed E-state index contributed by atoms with van der Waals surface area (Å²) in [7, 11) is 0. The van der Waals surface area contributed by atoms with E-state index in [1.807, 2.05) is 63.2 Å². The van der Waals surface area contributed by atoms with Crippen molar-refractivity contribution in [3.05, 3.63) is 64.2 Å². The minimum Gasteiger partial charge on any atom is -0.326 e. The Bertz CT molecular complexity index is 1010. The minimum absolute atomic E-state index is 0.113. The van der Waals surface area contributed by atoms with E-state index < -0.39 is 0 Å². The highest BCUT2D eigenvalue weighted by Gasteiger charge is 2.17. The Hall–Kier alpha value is -2.99. The van der Waals surface area contributed by atoms with Crippen LogP contribution in [0.1, 0.15) is 33.4 Å². The molecule has 1 aromatic heterocycles. The number of hydrogen-bond acceptors (Lipinski definition) is 4. The molecular weight excluding hydrogens is 358 g/mol. The molecule has 0 aliphatic heterocycles. The summed E-state index contributed by atoms with van der Waals surface area (Å²) in [5.74, 6) is -0.328. The number of carbonyl (C=O) groups excluding carboxylic acids is 2. The molecule has 0 saturated heterocycles. The summed E-state index contributed by atoms with van der Waals surface area (Å²) in [6.45, 7) is 7.41. The van der Waals surface area contributed by atoms with Crippen LogP contribution >= 0.6 is 11.3 Å². The first kappa shape index (κ1) is 18.8. The van der Waals surface area contributed by atoms with Crippen molar-refractivity contribution in [3.8, 4) is 10.6 Å². The number of aromatic nitrogens is 1.